The number of ketones is 1. The lowest BCUT2D eigenvalue weighted by Gasteiger charge is -2.32. The minimum atomic E-state index is -1.66. The molecule has 0 saturated carbocycles. The molecule has 1 amide bonds. The average molecular weight is 335 g/mol. The third kappa shape index (κ3) is 4.31. The summed E-state index contributed by atoms with van der Waals surface area (Å²) in [5.74, 6) is -5.69. The SMILES string of the molecule is CC(=O)Nc1cccc(OCC(=O)C2C(=O)OC(C)(C)OC2=O)c1. The summed E-state index contributed by atoms with van der Waals surface area (Å²) < 4.78 is 15.0. The van der Waals surface area contributed by atoms with Gasteiger partial charge in [0.1, 0.15) is 12.4 Å². The van der Waals surface area contributed by atoms with E-state index < -0.39 is 36.0 Å². The molecule has 0 unspecified atom stereocenters. The fourth-order valence-corrected chi connectivity index (χ4v) is 2.09. The molecule has 24 heavy (non-hydrogen) atoms. The Bertz CT molecular complexity index is 675. The van der Waals surface area contributed by atoms with Gasteiger partial charge >= 0.3 is 11.9 Å². The van der Waals surface area contributed by atoms with Gasteiger partial charge in [0.2, 0.25) is 11.8 Å². The third-order valence-corrected chi connectivity index (χ3v) is 3.02. The van der Waals surface area contributed by atoms with Gasteiger partial charge in [-0.3, -0.25) is 19.2 Å². The molecule has 128 valence electrons. The first kappa shape index (κ1) is 17.5. The number of benzene rings is 1. The van der Waals surface area contributed by atoms with Gasteiger partial charge in [-0.2, -0.15) is 0 Å². The standard InChI is InChI=1S/C16H17NO7/c1-9(18)17-10-5-4-6-11(7-10)22-8-12(19)13-14(20)23-16(2,3)24-15(13)21/h4-7,13H,8H2,1-3H3,(H,17,18). The topological polar surface area (TPSA) is 108 Å². The zero-order chi connectivity index (χ0) is 17.9. The number of hydrogen-bond donors (Lipinski definition) is 1. The monoisotopic (exact) mass is 335 g/mol. The molecule has 1 N–H and O–H groups in total. The van der Waals surface area contributed by atoms with E-state index in [0.29, 0.717) is 11.4 Å². The van der Waals surface area contributed by atoms with Gasteiger partial charge < -0.3 is 19.5 Å². The zero-order valence-corrected chi connectivity index (χ0v) is 13.5. The van der Waals surface area contributed by atoms with Crippen LogP contribution in [0.1, 0.15) is 20.8 Å². The van der Waals surface area contributed by atoms with Crippen molar-refractivity contribution < 1.29 is 33.4 Å². The zero-order valence-electron chi connectivity index (χ0n) is 13.5. The van der Waals surface area contributed by atoms with E-state index in [1.807, 2.05) is 0 Å². The van der Waals surface area contributed by atoms with Crippen molar-refractivity contribution in [2.24, 2.45) is 5.92 Å². The highest BCUT2D eigenvalue weighted by Crippen LogP contribution is 2.24. The van der Waals surface area contributed by atoms with Crippen LogP contribution in [-0.2, 0) is 28.7 Å². The van der Waals surface area contributed by atoms with Crippen molar-refractivity contribution in [3.05, 3.63) is 24.3 Å². The molecule has 1 fully saturated rings. The van der Waals surface area contributed by atoms with Crippen LogP contribution in [0, 0.1) is 5.92 Å². The summed E-state index contributed by atoms with van der Waals surface area (Å²) in [5, 5.41) is 2.57. The molecule has 1 aromatic rings. The van der Waals surface area contributed by atoms with Crippen LogP contribution in [0.3, 0.4) is 0 Å². The number of esters is 2. The highest BCUT2D eigenvalue weighted by Gasteiger charge is 2.47. The van der Waals surface area contributed by atoms with Crippen molar-refractivity contribution in [3.8, 4) is 5.75 Å². The summed E-state index contributed by atoms with van der Waals surface area (Å²) in [6, 6.07) is 6.35. The first-order valence-corrected chi connectivity index (χ1v) is 7.17. The molecule has 0 aliphatic carbocycles. The van der Waals surface area contributed by atoms with E-state index in [1.54, 1.807) is 18.2 Å². The van der Waals surface area contributed by atoms with E-state index in [1.165, 1.54) is 26.8 Å². The van der Waals surface area contributed by atoms with Crippen LogP contribution in [0.5, 0.6) is 5.75 Å². The lowest BCUT2D eigenvalue weighted by atomic mass is 10.0. The van der Waals surface area contributed by atoms with Gasteiger partial charge in [-0.15, -0.1) is 0 Å². The van der Waals surface area contributed by atoms with Crippen molar-refractivity contribution in [1.29, 1.82) is 0 Å². The molecule has 0 spiro atoms. The molecule has 2 rings (SSSR count). The van der Waals surface area contributed by atoms with Crippen LogP contribution in [0.25, 0.3) is 0 Å². The number of amides is 1. The molecular weight excluding hydrogens is 318 g/mol. The van der Waals surface area contributed by atoms with E-state index in [9.17, 15) is 19.2 Å². The van der Waals surface area contributed by atoms with Crippen molar-refractivity contribution in [2.75, 3.05) is 11.9 Å². The summed E-state index contributed by atoms with van der Waals surface area (Å²) in [7, 11) is 0. The van der Waals surface area contributed by atoms with Crippen LogP contribution < -0.4 is 10.1 Å². The van der Waals surface area contributed by atoms with Gasteiger partial charge in [0.15, 0.2) is 5.78 Å². The summed E-state index contributed by atoms with van der Waals surface area (Å²) in [5.41, 5.74) is 0.491. The van der Waals surface area contributed by atoms with Gasteiger partial charge in [-0.1, -0.05) is 6.07 Å². The molecule has 1 heterocycles. The number of ether oxygens (including phenoxy) is 3. The van der Waals surface area contributed by atoms with Gasteiger partial charge in [0, 0.05) is 32.5 Å². The van der Waals surface area contributed by atoms with E-state index >= 15 is 0 Å². The van der Waals surface area contributed by atoms with Crippen LogP contribution in [0.2, 0.25) is 0 Å². The molecule has 0 radical (unpaired) electrons. The van der Waals surface area contributed by atoms with Gasteiger partial charge in [-0.05, 0) is 12.1 Å². The number of nitrogens with one attached hydrogen (secondary N) is 1. The summed E-state index contributed by atoms with van der Waals surface area (Å²) in [6.45, 7) is 3.64. The quantitative estimate of drug-likeness (QED) is 0.633. The fraction of sp³-hybridized carbons (Fsp3) is 0.375. The number of carbonyl (C=O) groups excluding carboxylic acids is 4. The Morgan fingerprint density at radius 1 is 1.21 bits per heavy atom. The molecule has 8 nitrogen and oxygen atoms in total. The van der Waals surface area contributed by atoms with Crippen molar-refractivity contribution >= 4 is 29.3 Å². The van der Waals surface area contributed by atoms with E-state index in [2.05, 4.69) is 5.32 Å². The maximum atomic E-state index is 12.1. The molecular formula is C16H17NO7. The maximum absolute atomic E-state index is 12.1. The highest BCUT2D eigenvalue weighted by atomic mass is 16.7. The van der Waals surface area contributed by atoms with E-state index in [4.69, 9.17) is 14.2 Å². The number of anilines is 1. The Labute approximate surface area is 138 Å². The minimum Gasteiger partial charge on any atom is -0.486 e. The van der Waals surface area contributed by atoms with Crippen molar-refractivity contribution in [2.45, 2.75) is 26.6 Å². The normalized spacial score (nSPS) is 16.8. The third-order valence-electron chi connectivity index (χ3n) is 3.02. The minimum absolute atomic E-state index is 0.251. The highest BCUT2D eigenvalue weighted by molar-refractivity contribution is 6.16. The van der Waals surface area contributed by atoms with E-state index in [-0.39, 0.29) is 5.91 Å². The Kier molecular flexibility index (Phi) is 4.87. The first-order valence-electron chi connectivity index (χ1n) is 7.17. The molecule has 0 aromatic heterocycles. The maximum Gasteiger partial charge on any atom is 0.331 e. The number of carbonyl (C=O) groups is 4. The number of Topliss-reactive ketones (excluding diaryl/α,β-unsaturated/α-hetero) is 1. The molecule has 0 bridgehead atoms. The molecule has 1 saturated heterocycles. The molecule has 1 aliphatic rings. The molecule has 8 heteroatoms. The summed E-state index contributed by atoms with van der Waals surface area (Å²) >= 11 is 0. The van der Waals surface area contributed by atoms with Gasteiger partial charge in [-0.25, -0.2) is 0 Å². The van der Waals surface area contributed by atoms with Gasteiger partial charge in [0.25, 0.3) is 5.79 Å². The van der Waals surface area contributed by atoms with Crippen LogP contribution >= 0.6 is 0 Å². The van der Waals surface area contributed by atoms with Crippen molar-refractivity contribution in [1.82, 2.24) is 0 Å². The van der Waals surface area contributed by atoms with Crippen LogP contribution in [0.15, 0.2) is 24.3 Å². The molecule has 1 aliphatic heterocycles. The predicted molar refractivity (Wildman–Crippen MR) is 81.0 cm³/mol. The second-order valence-corrected chi connectivity index (χ2v) is 5.64. The van der Waals surface area contributed by atoms with Gasteiger partial charge in [0.05, 0.1) is 0 Å². The first-order chi connectivity index (χ1) is 11.2. The average Bonchev–Trinajstić information content (AvgIpc) is 2.42. The smallest absolute Gasteiger partial charge is 0.331 e. The Morgan fingerprint density at radius 3 is 2.42 bits per heavy atom. The largest absolute Gasteiger partial charge is 0.486 e. The summed E-state index contributed by atoms with van der Waals surface area (Å²) in [4.78, 5) is 46.7. The van der Waals surface area contributed by atoms with Crippen LogP contribution in [0.4, 0.5) is 5.69 Å². The van der Waals surface area contributed by atoms with Crippen molar-refractivity contribution in [3.63, 3.8) is 0 Å². The second kappa shape index (κ2) is 6.69. The predicted octanol–water partition coefficient (Wildman–Crippen LogP) is 1.05. The molecule has 1 aromatic carbocycles. The fourth-order valence-electron chi connectivity index (χ4n) is 2.09. The number of cyclic esters (lactones) is 2. The summed E-state index contributed by atoms with van der Waals surface area (Å²) in [6.07, 6.45) is 0. The Balaban J connectivity index is 1.99. The number of hydrogen-bond acceptors (Lipinski definition) is 7. The van der Waals surface area contributed by atoms with Crippen LogP contribution in [-0.4, -0.2) is 36.0 Å². The lowest BCUT2D eigenvalue weighted by molar-refractivity contribution is -0.238. The Hall–Kier alpha value is -2.90. The number of rotatable bonds is 5. The second-order valence-electron chi connectivity index (χ2n) is 5.64. The Morgan fingerprint density at radius 2 is 1.83 bits per heavy atom. The van der Waals surface area contributed by atoms with E-state index in [0.717, 1.165) is 0 Å². The molecule has 0 atom stereocenters. The lowest BCUT2D eigenvalue weighted by Crippen LogP contribution is -2.50.